The molecule has 1 aliphatic heterocycles. The van der Waals surface area contributed by atoms with Crippen molar-refractivity contribution < 1.29 is 32.6 Å². The van der Waals surface area contributed by atoms with Gasteiger partial charge in [-0.2, -0.15) is 18.2 Å². The second-order valence-corrected chi connectivity index (χ2v) is 10.7. The largest absolute Gasteiger partial charge is 0.493 e. The van der Waals surface area contributed by atoms with Gasteiger partial charge in [0.25, 0.3) is 5.91 Å². The number of carbonyl (C=O) groups excluding carboxylic acids is 1. The highest BCUT2D eigenvalue weighted by Gasteiger charge is 2.38. The fourth-order valence-electron chi connectivity index (χ4n) is 3.98. The standard InChI is InChI=1S/C27H21ClN6O2S.C2HF3O2/c28-23-15-30-27-33-20-11-17(26(35)32-19-4-5-24-16(10-19)6-7-29-24)12-21(13-20)36-8-9-37-22-3-1-2-18(14-22)31-25(23)34-27;3-2(4,5)1(6)7/h1-7,10-15,29H,8-9H2,(H,32,35)(H2,30,31,33,34);(H,6,7). The Morgan fingerprint density at radius 3 is 2.64 bits per heavy atom. The molecule has 10 nitrogen and oxygen atoms in total. The highest BCUT2D eigenvalue weighted by molar-refractivity contribution is 7.99. The summed E-state index contributed by atoms with van der Waals surface area (Å²) >= 11 is 8.03. The number of nitrogens with one attached hydrogen (secondary N) is 4. The Balaban J connectivity index is 0.000000493. The zero-order valence-corrected chi connectivity index (χ0v) is 24.0. The Hall–Kier alpha value is -4.95. The van der Waals surface area contributed by atoms with Gasteiger partial charge in [0, 0.05) is 56.4 Å². The van der Waals surface area contributed by atoms with E-state index < -0.39 is 12.1 Å². The second-order valence-electron chi connectivity index (χ2n) is 9.15. The highest BCUT2D eigenvalue weighted by atomic mass is 35.5. The van der Waals surface area contributed by atoms with Crippen molar-refractivity contribution in [1.82, 2.24) is 15.0 Å². The molecular formula is C29H22ClF3N6O4S. The summed E-state index contributed by atoms with van der Waals surface area (Å²) in [5.74, 6) is -0.921. The number of ether oxygens (including phenoxy) is 1. The minimum Gasteiger partial charge on any atom is -0.493 e. The highest BCUT2D eigenvalue weighted by Crippen LogP contribution is 2.30. The summed E-state index contributed by atoms with van der Waals surface area (Å²) in [5, 5.41) is 17.9. The minimum atomic E-state index is -5.08. The van der Waals surface area contributed by atoms with Gasteiger partial charge in [-0.3, -0.25) is 4.79 Å². The first-order chi connectivity index (χ1) is 21.0. The van der Waals surface area contributed by atoms with E-state index in [2.05, 4.69) is 30.9 Å². The molecule has 0 fully saturated rings. The van der Waals surface area contributed by atoms with Crippen LogP contribution in [0.2, 0.25) is 5.02 Å². The van der Waals surface area contributed by atoms with E-state index in [1.807, 2.05) is 60.8 Å². The molecule has 2 aromatic heterocycles. The maximum atomic E-state index is 13.2. The van der Waals surface area contributed by atoms with Crippen molar-refractivity contribution in [1.29, 1.82) is 0 Å². The van der Waals surface area contributed by atoms with Crippen LogP contribution in [0.4, 0.5) is 42.0 Å². The number of alkyl halides is 3. The number of carbonyl (C=O) groups is 2. The van der Waals surface area contributed by atoms with E-state index in [0.29, 0.717) is 46.1 Å². The van der Waals surface area contributed by atoms with Crippen LogP contribution in [0.25, 0.3) is 10.9 Å². The SMILES string of the molecule is O=C(Nc1ccc2[nH]ccc2c1)c1cc2cc(c1)OCCSc1cccc(c1)Nc1nc(ncc1Cl)N2.O=C(O)C(F)(F)F. The lowest BCUT2D eigenvalue weighted by Gasteiger charge is -2.13. The molecule has 0 radical (unpaired) electrons. The minimum absolute atomic E-state index is 0.258. The van der Waals surface area contributed by atoms with Crippen LogP contribution in [-0.4, -0.2) is 50.5 Å². The first-order valence-corrected chi connectivity index (χ1v) is 14.2. The van der Waals surface area contributed by atoms with Crippen molar-refractivity contribution in [2.45, 2.75) is 11.1 Å². The van der Waals surface area contributed by atoms with Crippen LogP contribution in [0.1, 0.15) is 10.4 Å². The summed E-state index contributed by atoms with van der Waals surface area (Å²) in [7, 11) is 0. The van der Waals surface area contributed by atoms with Crippen molar-refractivity contribution in [2.75, 3.05) is 28.3 Å². The van der Waals surface area contributed by atoms with Crippen LogP contribution in [0, 0.1) is 0 Å². The number of fused-ring (bicyclic) bond motifs is 7. The van der Waals surface area contributed by atoms with E-state index in [4.69, 9.17) is 26.2 Å². The number of carboxylic acid groups (broad SMARTS) is 1. The number of nitrogens with zero attached hydrogens (tertiary/aromatic N) is 2. The number of aliphatic carboxylic acids is 1. The summed E-state index contributed by atoms with van der Waals surface area (Å²) in [4.78, 5) is 35.2. The zero-order valence-electron chi connectivity index (χ0n) is 22.4. The molecule has 6 rings (SSSR count). The molecule has 1 amide bonds. The Bertz CT molecular complexity index is 1830. The van der Waals surface area contributed by atoms with Crippen LogP contribution >= 0.6 is 23.4 Å². The van der Waals surface area contributed by atoms with E-state index in [1.165, 1.54) is 6.20 Å². The number of benzene rings is 3. The number of aromatic nitrogens is 3. The quantitative estimate of drug-likeness (QED) is 0.133. The summed E-state index contributed by atoms with van der Waals surface area (Å²) in [6, 6.07) is 20.9. The molecule has 5 N–H and O–H groups in total. The normalized spacial score (nSPS) is 12.6. The fraction of sp³-hybridized carbons (Fsp3) is 0.103. The average Bonchev–Trinajstić information content (AvgIpc) is 3.45. The van der Waals surface area contributed by atoms with Crippen LogP contribution in [0.15, 0.2) is 84.0 Å². The summed E-state index contributed by atoms with van der Waals surface area (Å²) in [6.07, 6.45) is -1.69. The van der Waals surface area contributed by atoms with E-state index in [0.717, 1.165) is 27.2 Å². The topological polar surface area (TPSA) is 141 Å². The lowest BCUT2D eigenvalue weighted by Crippen LogP contribution is -2.21. The first-order valence-electron chi connectivity index (χ1n) is 12.8. The van der Waals surface area contributed by atoms with E-state index >= 15 is 0 Å². The number of carboxylic acids is 1. The smallest absolute Gasteiger partial charge is 0.490 e. The van der Waals surface area contributed by atoms with Gasteiger partial charge < -0.3 is 30.8 Å². The summed E-state index contributed by atoms with van der Waals surface area (Å²) in [5.41, 5.74) is 3.62. The van der Waals surface area contributed by atoms with E-state index in [-0.39, 0.29) is 5.91 Å². The molecule has 0 spiro atoms. The molecule has 0 saturated carbocycles. The number of hydrogen-bond acceptors (Lipinski definition) is 8. The van der Waals surface area contributed by atoms with Gasteiger partial charge in [-0.05, 0) is 54.6 Å². The molecule has 6 bridgehead atoms. The van der Waals surface area contributed by atoms with Crippen molar-refractivity contribution in [3.05, 3.63) is 89.7 Å². The number of anilines is 5. The predicted octanol–water partition coefficient (Wildman–Crippen LogP) is 7.47. The van der Waals surface area contributed by atoms with E-state index in [9.17, 15) is 18.0 Å². The maximum Gasteiger partial charge on any atom is 0.490 e. The third kappa shape index (κ3) is 7.90. The maximum absolute atomic E-state index is 13.2. The van der Waals surface area contributed by atoms with Crippen molar-refractivity contribution in [2.24, 2.45) is 0 Å². The third-order valence-corrected chi connectivity index (χ3v) is 7.17. The van der Waals surface area contributed by atoms with Gasteiger partial charge in [-0.25, -0.2) is 9.78 Å². The molecule has 0 saturated heterocycles. The van der Waals surface area contributed by atoms with Crippen LogP contribution < -0.4 is 20.7 Å². The van der Waals surface area contributed by atoms with Gasteiger partial charge in [-0.1, -0.05) is 17.7 Å². The second kappa shape index (κ2) is 13.1. The number of amides is 1. The van der Waals surface area contributed by atoms with Crippen LogP contribution in [0.3, 0.4) is 0 Å². The molecule has 15 heteroatoms. The van der Waals surface area contributed by atoms with Gasteiger partial charge in [0.2, 0.25) is 5.95 Å². The van der Waals surface area contributed by atoms with Crippen molar-refractivity contribution in [3.8, 4) is 5.75 Å². The lowest BCUT2D eigenvalue weighted by atomic mass is 10.1. The molecule has 0 unspecified atom stereocenters. The number of aromatic amines is 1. The lowest BCUT2D eigenvalue weighted by molar-refractivity contribution is -0.192. The Labute approximate surface area is 257 Å². The Morgan fingerprint density at radius 1 is 1.02 bits per heavy atom. The van der Waals surface area contributed by atoms with Gasteiger partial charge in [0.1, 0.15) is 10.8 Å². The van der Waals surface area contributed by atoms with Gasteiger partial charge in [-0.15, -0.1) is 11.8 Å². The molecule has 0 aliphatic carbocycles. The molecule has 3 heterocycles. The van der Waals surface area contributed by atoms with E-state index in [1.54, 1.807) is 23.9 Å². The molecule has 226 valence electrons. The first kappa shape index (κ1) is 30.5. The molecule has 3 aromatic carbocycles. The van der Waals surface area contributed by atoms with Gasteiger partial charge in [0.15, 0.2) is 5.82 Å². The monoisotopic (exact) mass is 642 g/mol. The predicted molar refractivity (Wildman–Crippen MR) is 163 cm³/mol. The van der Waals surface area contributed by atoms with Crippen LogP contribution in [-0.2, 0) is 4.79 Å². The number of rotatable bonds is 2. The number of thioether (sulfide) groups is 1. The fourth-order valence-corrected chi connectivity index (χ4v) is 4.91. The summed E-state index contributed by atoms with van der Waals surface area (Å²) in [6.45, 7) is 0.465. The van der Waals surface area contributed by atoms with Crippen molar-refractivity contribution in [3.63, 3.8) is 0 Å². The molecule has 0 atom stereocenters. The average molecular weight is 643 g/mol. The molecule has 44 heavy (non-hydrogen) atoms. The number of H-pyrrole nitrogens is 1. The van der Waals surface area contributed by atoms with Crippen LogP contribution in [0.5, 0.6) is 5.75 Å². The Kier molecular flexibility index (Phi) is 9.11. The summed E-state index contributed by atoms with van der Waals surface area (Å²) < 4.78 is 37.8. The Morgan fingerprint density at radius 2 is 1.84 bits per heavy atom. The number of halogens is 4. The zero-order chi connectivity index (χ0) is 31.3. The number of hydrogen-bond donors (Lipinski definition) is 5. The van der Waals surface area contributed by atoms with Gasteiger partial charge >= 0.3 is 12.1 Å². The molecular weight excluding hydrogens is 621 g/mol. The van der Waals surface area contributed by atoms with Crippen molar-refractivity contribution >= 4 is 75.0 Å². The van der Waals surface area contributed by atoms with Gasteiger partial charge in [0.05, 0.1) is 12.8 Å². The molecule has 1 aliphatic rings. The molecule has 5 aromatic rings. The third-order valence-electron chi connectivity index (χ3n) is 5.94.